The quantitative estimate of drug-likeness (QED) is 0.756. The molecule has 2 aromatic carbocycles. The summed E-state index contributed by atoms with van der Waals surface area (Å²) in [4.78, 5) is 25.7. The molecule has 0 unspecified atom stereocenters. The van der Waals surface area contributed by atoms with Gasteiger partial charge in [-0.15, -0.1) is 0 Å². The van der Waals surface area contributed by atoms with Gasteiger partial charge in [0.15, 0.2) is 6.04 Å². The summed E-state index contributed by atoms with van der Waals surface area (Å²) in [5.74, 6) is -1.22. The number of nitrogens with zero attached hydrogens (tertiary/aromatic N) is 1. The van der Waals surface area contributed by atoms with E-state index in [9.17, 15) is 14.7 Å². The summed E-state index contributed by atoms with van der Waals surface area (Å²) < 4.78 is 11.4. The van der Waals surface area contributed by atoms with E-state index in [0.29, 0.717) is 0 Å². The number of rotatable bonds is 6. The van der Waals surface area contributed by atoms with E-state index in [1.165, 1.54) is 7.05 Å². The molecule has 2 aromatic rings. The van der Waals surface area contributed by atoms with Crippen molar-refractivity contribution in [2.24, 2.45) is 0 Å². The van der Waals surface area contributed by atoms with Gasteiger partial charge in [-0.2, -0.15) is 0 Å². The number of hydrogen-bond acceptors (Lipinski definition) is 4. The Morgan fingerprint density at radius 3 is 2.00 bits per heavy atom. The maximum atomic E-state index is 12.7. The Morgan fingerprint density at radius 1 is 1.03 bits per heavy atom. The van der Waals surface area contributed by atoms with E-state index in [2.05, 4.69) is 12.1 Å². The SMILES string of the molecule is C[C@@H](OC(C)(C)C)[C@@H](C(=O)O)N(C)C(=O)OCC1c2ccccc2-c2ccccc21. The second-order valence-electron chi connectivity index (χ2n) is 8.63. The van der Waals surface area contributed by atoms with Crippen molar-refractivity contribution in [2.75, 3.05) is 13.7 Å². The third-order valence-electron chi connectivity index (χ3n) is 5.28. The highest BCUT2D eigenvalue weighted by Crippen LogP contribution is 2.44. The number of carbonyl (C=O) groups excluding carboxylic acids is 1. The Morgan fingerprint density at radius 2 is 1.53 bits per heavy atom. The third kappa shape index (κ3) is 4.49. The first-order valence-electron chi connectivity index (χ1n) is 10.1. The molecule has 0 spiro atoms. The second-order valence-corrected chi connectivity index (χ2v) is 8.63. The predicted octanol–water partition coefficient (Wildman–Crippen LogP) is 4.52. The molecule has 0 fully saturated rings. The van der Waals surface area contributed by atoms with Crippen LogP contribution in [-0.2, 0) is 14.3 Å². The Kier molecular flexibility index (Phi) is 6.17. The topological polar surface area (TPSA) is 76.1 Å². The molecule has 1 aliphatic carbocycles. The van der Waals surface area contributed by atoms with Crippen LogP contribution in [0.1, 0.15) is 44.7 Å². The molecule has 0 saturated carbocycles. The van der Waals surface area contributed by atoms with E-state index in [0.717, 1.165) is 27.2 Å². The number of likely N-dealkylation sites (N-methyl/N-ethyl adjacent to an activating group) is 1. The third-order valence-corrected chi connectivity index (χ3v) is 5.28. The minimum absolute atomic E-state index is 0.0822. The van der Waals surface area contributed by atoms with Crippen molar-refractivity contribution in [1.82, 2.24) is 4.90 Å². The Hall–Kier alpha value is -2.86. The molecule has 0 radical (unpaired) electrons. The number of ether oxygens (including phenoxy) is 2. The van der Waals surface area contributed by atoms with Crippen LogP contribution in [0.4, 0.5) is 4.79 Å². The lowest BCUT2D eigenvalue weighted by Gasteiger charge is -2.33. The van der Waals surface area contributed by atoms with Crippen LogP contribution in [0.5, 0.6) is 0 Å². The van der Waals surface area contributed by atoms with Crippen molar-refractivity contribution in [3.63, 3.8) is 0 Å². The van der Waals surface area contributed by atoms with Crippen LogP contribution in [0, 0.1) is 0 Å². The van der Waals surface area contributed by atoms with Crippen LogP contribution in [0.25, 0.3) is 11.1 Å². The summed E-state index contributed by atoms with van der Waals surface area (Å²) in [5, 5.41) is 9.67. The maximum Gasteiger partial charge on any atom is 0.410 e. The smallest absolute Gasteiger partial charge is 0.410 e. The van der Waals surface area contributed by atoms with E-state index in [4.69, 9.17) is 9.47 Å². The number of amides is 1. The highest BCUT2D eigenvalue weighted by atomic mass is 16.6. The van der Waals surface area contributed by atoms with Crippen molar-refractivity contribution in [1.29, 1.82) is 0 Å². The number of carboxylic acid groups (broad SMARTS) is 1. The van der Waals surface area contributed by atoms with E-state index in [1.54, 1.807) is 6.92 Å². The molecule has 160 valence electrons. The Labute approximate surface area is 177 Å². The lowest BCUT2D eigenvalue weighted by Crippen LogP contribution is -2.51. The van der Waals surface area contributed by atoms with E-state index < -0.39 is 29.8 Å². The van der Waals surface area contributed by atoms with E-state index in [1.807, 2.05) is 57.2 Å². The van der Waals surface area contributed by atoms with Gasteiger partial charge >= 0.3 is 12.1 Å². The lowest BCUT2D eigenvalue weighted by atomic mass is 9.98. The van der Waals surface area contributed by atoms with Crippen LogP contribution < -0.4 is 0 Å². The van der Waals surface area contributed by atoms with E-state index in [-0.39, 0.29) is 12.5 Å². The first-order chi connectivity index (χ1) is 14.1. The fourth-order valence-electron chi connectivity index (χ4n) is 4.11. The largest absolute Gasteiger partial charge is 0.480 e. The van der Waals surface area contributed by atoms with Gasteiger partial charge in [-0.1, -0.05) is 48.5 Å². The van der Waals surface area contributed by atoms with Crippen molar-refractivity contribution in [3.8, 4) is 11.1 Å². The molecule has 1 aliphatic rings. The average Bonchev–Trinajstić information content (AvgIpc) is 2.98. The van der Waals surface area contributed by atoms with Crippen LogP contribution in [0.2, 0.25) is 0 Å². The molecule has 0 heterocycles. The Bertz CT molecular complexity index is 888. The van der Waals surface area contributed by atoms with Gasteiger partial charge in [0.05, 0.1) is 11.7 Å². The molecule has 1 amide bonds. The average molecular weight is 411 g/mol. The fraction of sp³-hybridized carbons (Fsp3) is 0.417. The van der Waals surface area contributed by atoms with Gasteiger partial charge < -0.3 is 14.6 Å². The van der Waals surface area contributed by atoms with Gasteiger partial charge in [-0.3, -0.25) is 4.90 Å². The zero-order chi connectivity index (χ0) is 22.1. The van der Waals surface area contributed by atoms with Gasteiger partial charge in [-0.05, 0) is 49.9 Å². The zero-order valence-electron chi connectivity index (χ0n) is 18.1. The molecule has 3 rings (SSSR count). The second kappa shape index (κ2) is 8.48. The van der Waals surface area contributed by atoms with Gasteiger partial charge in [0.1, 0.15) is 6.61 Å². The highest BCUT2D eigenvalue weighted by molar-refractivity contribution is 5.81. The number of hydrogen-bond donors (Lipinski definition) is 1. The molecule has 0 bridgehead atoms. The first kappa shape index (κ1) is 21.8. The minimum Gasteiger partial charge on any atom is -0.480 e. The zero-order valence-corrected chi connectivity index (χ0v) is 18.1. The van der Waals surface area contributed by atoms with Gasteiger partial charge in [-0.25, -0.2) is 9.59 Å². The summed E-state index contributed by atoms with van der Waals surface area (Å²) in [7, 11) is 1.43. The number of carboxylic acids is 1. The molecule has 0 aliphatic heterocycles. The van der Waals surface area contributed by atoms with Crippen molar-refractivity contribution >= 4 is 12.1 Å². The molecular formula is C24H29NO5. The minimum atomic E-state index is -1.15. The fourth-order valence-corrected chi connectivity index (χ4v) is 4.11. The summed E-state index contributed by atoms with van der Waals surface area (Å²) >= 11 is 0. The van der Waals surface area contributed by atoms with Gasteiger partial charge in [0, 0.05) is 13.0 Å². The molecular weight excluding hydrogens is 382 g/mol. The molecule has 2 atom stereocenters. The van der Waals surface area contributed by atoms with Crippen molar-refractivity contribution < 1.29 is 24.2 Å². The summed E-state index contributed by atoms with van der Waals surface area (Å²) in [5.41, 5.74) is 3.95. The predicted molar refractivity (Wildman–Crippen MR) is 115 cm³/mol. The summed E-state index contributed by atoms with van der Waals surface area (Å²) in [6.07, 6.45) is -1.39. The number of carbonyl (C=O) groups is 2. The van der Waals surface area contributed by atoms with Gasteiger partial charge in [0.25, 0.3) is 0 Å². The summed E-state index contributed by atoms with van der Waals surface area (Å²) in [6.45, 7) is 7.32. The normalized spacial score (nSPS) is 15.1. The van der Waals surface area contributed by atoms with Crippen LogP contribution in [0.3, 0.4) is 0 Å². The molecule has 6 nitrogen and oxygen atoms in total. The first-order valence-corrected chi connectivity index (χ1v) is 10.1. The lowest BCUT2D eigenvalue weighted by molar-refractivity contribution is -0.153. The monoisotopic (exact) mass is 411 g/mol. The Balaban J connectivity index is 1.74. The number of aliphatic carboxylic acids is 1. The van der Waals surface area contributed by atoms with Crippen LogP contribution in [-0.4, -0.2) is 53.5 Å². The van der Waals surface area contributed by atoms with E-state index >= 15 is 0 Å². The molecule has 6 heteroatoms. The molecule has 30 heavy (non-hydrogen) atoms. The standard InChI is InChI=1S/C24H29NO5/c1-15(30-24(2,3)4)21(22(26)27)25(5)23(28)29-14-20-18-12-8-6-10-16(18)17-11-7-9-13-19(17)20/h6-13,15,20-21H,14H2,1-5H3,(H,26,27)/t15-,21+/m1/s1. The van der Waals surface area contributed by atoms with Crippen molar-refractivity contribution in [3.05, 3.63) is 59.7 Å². The highest BCUT2D eigenvalue weighted by Gasteiger charge is 2.36. The van der Waals surface area contributed by atoms with Gasteiger partial charge in [0.2, 0.25) is 0 Å². The van der Waals surface area contributed by atoms with Crippen LogP contribution in [0.15, 0.2) is 48.5 Å². The molecule has 0 aromatic heterocycles. The maximum absolute atomic E-state index is 12.7. The molecule has 1 N–H and O–H groups in total. The number of benzene rings is 2. The molecule has 0 saturated heterocycles. The van der Waals surface area contributed by atoms with Crippen LogP contribution >= 0.6 is 0 Å². The number of fused-ring (bicyclic) bond motifs is 3. The van der Waals surface area contributed by atoms with Crippen molar-refractivity contribution in [2.45, 2.75) is 51.4 Å². The summed E-state index contributed by atoms with van der Waals surface area (Å²) in [6, 6.07) is 15.0.